The molecular weight excluding hydrogens is 314 g/mol. The molecule has 1 saturated heterocycles. The van der Waals surface area contributed by atoms with E-state index in [1.165, 1.54) is 55.8 Å². The number of aromatic nitrogens is 1. The molecule has 5 heteroatoms. The number of likely N-dealkylation sites (tertiary alicyclic amines) is 1. The minimum atomic E-state index is 0.602. The van der Waals surface area contributed by atoms with Gasteiger partial charge in [0, 0.05) is 23.3 Å². The highest BCUT2D eigenvalue weighted by Crippen LogP contribution is 2.19. The monoisotopic (exact) mass is 335 g/mol. The van der Waals surface area contributed by atoms with Gasteiger partial charge in [0.2, 0.25) is 0 Å². The molecule has 22 heavy (non-hydrogen) atoms. The van der Waals surface area contributed by atoms with E-state index >= 15 is 0 Å². The van der Waals surface area contributed by atoms with E-state index in [0.717, 1.165) is 23.5 Å². The molecule has 1 aliphatic rings. The van der Waals surface area contributed by atoms with E-state index in [-0.39, 0.29) is 0 Å². The zero-order valence-corrected chi connectivity index (χ0v) is 14.3. The van der Waals surface area contributed by atoms with Gasteiger partial charge in [-0.2, -0.15) is 0 Å². The standard InChI is InChI=1S/C17H22ClN3S/c18-17-20-13-16(22-17)12-19-15-6-4-14(5-7-15)8-11-21-9-2-1-3-10-21/h4-7,13,19H,1-3,8-12H2. The molecule has 0 unspecified atom stereocenters. The third-order valence-corrected chi connectivity index (χ3v) is 5.23. The Morgan fingerprint density at radius 2 is 1.91 bits per heavy atom. The lowest BCUT2D eigenvalue weighted by atomic mass is 10.1. The third kappa shape index (κ3) is 4.70. The van der Waals surface area contributed by atoms with Gasteiger partial charge in [-0.15, -0.1) is 11.3 Å². The lowest BCUT2D eigenvalue weighted by Crippen LogP contribution is -2.31. The molecule has 2 aromatic rings. The van der Waals surface area contributed by atoms with Crippen LogP contribution in [0.5, 0.6) is 0 Å². The van der Waals surface area contributed by atoms with E-state index < -0.39 is 0 Å². The van der Waals surface area contributed by atoms with Gasteiger partial charge in [0.05, 0.1) is 6.54 Å². The first-order chi connectivity index (χ1) is 10.8. The third-order valence-electron chi connectivity index (χ3n) is 4.11. The summed E-state index contributed by atoms with van der Waals surface area (Å²) in [5.74, 6) is 0. The van der Waals surface area contributed by atoms with E-state index in [2.05, 4.69) is 39.5 Å². The molecule has 0 bridgehead atoms. The fraction of sp³-hybridized carbons (Fsp3) is 0.471. The quantitative estimate of drug-likeness (QED) is 0.846. The molecule has 0 aliphatic carbocycles. The second-order valence-corrected chi connectivity index (χ2v) is 7.48. The summed E-state index contributed by atoms with van der Waals surface area (Å²) in [6, 6.07) is 8.78. The van der Waals surface area contributed by atoms with E-state index in [4.69, 9.17) is 11.6 Å². The van der Waals surface area contributed by atoms with E-state index in [9.17, 15) is 0 Å². The fourth-order valence-corrected chi connectivity index (χ4v) is 3.73. The highest BCUT2D eigenvalue weighted by molar-refractivity contribution is 7.15. The molecule has 1 fully saturated rings. The summed E-state index contributed by atoms with van der Waals surface area (Å²) in [5, 5.41) is 3.41. The van der Waals surface area contributed by atoms with Crippen molar-refractivity contribution in [3.05, 3.63) is 45.4 Å². The molecule has 1 N–H and O–H groups in total. The van der Waals surface area contributed by atoms with Gasteiger partial charge in [0.25, 0.3) is 0 Å². The minimum Gasteiger partial charge on any atom is -0.380 e. The number of piperidine rings is 1. The first kappa shape index (κ1) is 15.8. The van der Waals surface area contributed by atoms with Crippen LogP contribution in [0.3, 0.4) is 0 Å². The maximum atomic E-state index is 5.84. The van der Waals surface area contributed by atoms with Gasteiger partial charge >= 0.3 is 0 Å². The van der Waals surface area contributed by atoms with Crippen molar-refractivity contribution in [2.24, 2.45) is 0 Å². The molecule has 1 aromatic carbocycles. The van der Waals surface area contributed by atoms with E-state index in [1.54, 1.807) is 0 Å². The van der Waals surface area contributed by atoms with Gasteiger partial charge in [-0.25, -0.2) is 4.98 Å². The smallest absolute Gasteiger partial charge is 0.183 e. The zero-order valence-electron chi connectivity index (χ0n) is 12.7. The van der Waals surface area contributed by atoms with Gasteiger partial charge in [-0.05, 0) is 50.0 Å². The topological polar surface area (TPSA) is 28.2 Å². The predicted octanol–water partition coefficient (Wildman–Crippen LogP) is 4.44. The van der Waals surface area contributed by atoms with Crippen LogP contribution in [0.4, 0.5) is 5.69 Å². The van der Waals surface area contributed by atoms with Crippen LogP contribution >= 0.6 is 22.9 Å². The second-order valence-electron chi connectivity index (χ2n) is 5.78. The Balaban J connectivity index is 1.45. The maximum absolute atomic E-state index is 5.84. The number of nitrogens with zero attached hydrogens (tertiary/aromatic N) is 2. The van der Waals surface area contributed by atoms with Crippen molar-refractivity contribution in [2.45, 2.75) is 32.2 Å². The van der Waals surface area contributed by atoms with Crippen molar-refractivity contribution in [1.29, 1.82) is 0 Å². The summed E-state index contributed by atoms with van der Waals surface area (Å²) in [6.45, 7) is 4.51. The maximum Gasteiger partial charge on any atom is 0.183 e. The summed E-state index contributed by atoms with van der Waals surface area (Å²) in [6.07, 6.45) is 7.11. The van der Waals surface area contributed by atoms with Crippen molar-refractivity contribution in [3.8, 4) is 0 Å². The lowest BCUT2D eigenvalue weighted by Gasteiger charge is -2.26. The van der Waals surface area contributed by atoms with Crippen molar-refractivity contribution in [1.82, 2.24) is 9.88 Å². The second kappa shape index (κ2) is 7.95. The van der Waals surface area contributed by atoms with E-state index in [1.807, 2.05) is 6.20 Å². The van der Waals surface area contributed by atoms with Crippen LogP contribution in [-0.4, -0.2) is 29.5 Å². The normalized spacial score (nSPS) is 15.9. The number of halogens is 1. The Hall–Kier alpha value is -1.10. The summed E-state index contributed by atoms with van der Waals surface area (Å²) in [7, 11) is 0. The Morgan fingerprint density at radius 3 is 2.59 bits per heavy atom. The number of hydrogen-bond donors (Lipinski definition) is 1. The fourth-order valence-electron chi connectivity index (χ4n) is 2.81. The zero-order chi connectivity index (χ0) is 15.2. The van der Waals surface area contributed by atoms with Crippen molar-refractivity contribution >= 4 is 28.6 Å². The van der Waals surface area contributed by atoms with Gasteiger partial charge in [-0.3, -0.25) is 0 Å². The van der Waals surface area contributed by atoms with E-state index in [0.29, 0.717) is 4.47 Å². The first-order valence-electron chi connectivity index (χ1n) is 7.95. The number of anilines is 1. The molecular formula is C17H22ClN3S. The summed E-state index contributed by atoms with van der Waals surface area (Å²) in [4.78, 5) is 7.79. The van der Waals surface area contributed by atoms with Gasteiger partial charge in [0.15, 0.2) is 4.47 Å². The van der Waals surface area contributed by atoms with Crippen LogP contribution in [0.25, 0.3) is 0 Å². The largest absolute Gasteiger partial charge is 0.380 e. The Morgan fingerprint density at radius 1 is 1.14 bits per heavy atom. The average Bonchev–Trinajstić information content (AvgIpc) is 2.98. The molecule has 1 aliphatic heterocycles. The summed E-state index contributed by atoms with van der Waals surface area (Å²) >= 11 is 7.36. The molecule has 3 nitrogen and oxygen atoms in total. The van der Waals surface area contributed by atoms with Gasteiger partial charge in [-0.1, -0.05) is 30.2 Å². The van der Waals surface area contributed by atoms with Crippen LogP contribution in [0, 0.1) is 0 Å². The Bertz CT molecular complexity index is 576. The molecule has 0 amide bonds. The predicted molar refractivity (Wildman–Crippen MR) is 94.9 cm³/mol. The Labute approximate surface area is 141 Å². The number of rotatable bonds is 6. The highest BCUT2D eigenvalue weighted by Gasteiger charge is 2.09. The van der Waals surface area contributed by atoms with Crippen LogP contribution in [0.2, 0.25) is 4.47 Å². The summed E-state index contributed by atoms with van der Waals surface area (Å²) in [5.41, 5.74) is 2.56. The van der Waals surface area contributed by atoms with Crippen molar-refractivity contribution in [2.75, 3.05) is 25.0 Å². The molecule has 0 spiro atoms. The number of hydrogen-bond acceptors (Lipinski definition) is 4. The van der Waals surface area contributed by atoms with Crippen LogP contribution < -0.4 is 5.32 Å². The van der Waals surface area contributed by atoms with Crippen molar-refractivity contribution < 1.29 is 0 Å². The molecule has 0 atom stereocenters. The number of nitrogens with one attached hydrogen (secondary N) is 1. The lowest BCUT2D eigenvalue weighted by molar-refractivity contribution is 0.231. The van der Waals surface area contributed by atoms with Crippen LogP contribution in [0.15, 0.2) is 30.5 Å². The van der Waals surface area contributed by atoms with Gasteiger partial charge in [0.1, 0.15) is 0 Å². The molecule has 0 radical (unpaired) electrons. The minimum absolute atomic E-state index is 0.602. The highest BCUT2D eigenvalue weighted by atomic mass is 35.5. The van der Waals surface area contributed by atoms with Crippen LogP contribution in [-0.2, 0) is 13.0 Å². The molecule has 2 heterocycles. The Kier molecular flexibility index (Phi) is 5.70. The molecule has 118 valence electrons. The summed E-state index contributed by atoms with van der Waals surface area (Å²) < 4.78 is 0.602. The SMILES string of the molecule is Clc1ncc(CNc2ccc(CCN3CCCCC3)cc2)s1. The van der Waals surface area contributed by atoms with Gasteiger partial charge < -0.3 is 10.2 Å². The molecule has 3 rings (SSSR count). The first-order valence-corrected chi connectivity index (χ1v) is 9.14. The average molecular weight is 336 g/mol. The number of benzene rings is 1. The van der Waals surface area contributed by atoms with Crippen LogP contribution in [0.1, 0.15) is 29.7 Å². The molecule has 1 aromatic heterocycles. The molecule has 0 saturated carbocycles. The van der Waals surface area contributed by atoms with Crippen molar-refractivity contribution in [3.63, 3.8) is 0 Å². The number of thiazole rings is 1.